The second-order valence-electron chi connectivity index (χ2n) is 6.97. The number of aryl methyl sites for hydroxylation is 1. The summed E-state index contributed by atoms with van der Waals surface area (Å²) in [4.78, 5) is 21.2. The number of nitrogens with one attached hydrogen (secondary N) is 2. The lowest BCUT2D eigenvalue weighted by atomic mass is 9.97. The largest absolute Gasteiger partial charge is 0.496 e. The first-order chi connectivity index (χ1) is 13.7. The second kappa shape index (κ2) is 9.88. The van der Waals surface area contributed by atoms with E-state index in [1.54, 1.807) is 13.3 Å². The van der Waals surface area contributed by atoms with Gasteiger partial charge in [-0.25, -0.2) is 9.97 Å². The molecule has 2 aromatic rings. The van der Waals surface area contributed by atoms with Crippen molar-refractivity contribution >= 4 is 11.9 Å². The fourth-order valence-electron chi connectivity index (χ4n) is 3.36. The lowest BCUT2D eigenvalue weighted by Crippen LogP contribution is -2.26. The number of anilines is 1. The van der Waals surface area contributed by atoms with Gasteiger partial charge >= 0.3 is 0 Å². The molecule has 6 nitrogen and oxygen atoms in total. The maximum atomic E-state index is 12.4. The van der Waals surface area contributed by atoms with Crippen LogP contribution >= 0.6 is 0 Å². The number of allylic oxidation sites excluding steroid dienone is 1. The van der Waals surface area contributed by atoms with E-state index in [0.717, 1.165) is 24.2 Å². The van der Waals surface area contributed by atoms with Crippen LogP contribution in [0, 0.1) is 6.92 Å². The smallest absolute Gasteiger partial charge is 0.254 e. The molecule has 28 heavy (non-hydrogen) atoms. The van der Waals surface area contributed by atoms with Crippen LogP contribution in [0.3, 0.4) is 0 Å². The second-order valence-corrected chi connectivity index (χ2v) is 6.97. The number of carbonyl (C=O) groups is 1. The normalized spacial score (nSPS) is 13.6. The van der Waals surface area contributed by atoms with Crippen molar-refractivity contribution < 1.29 is 9.53 Å². The summed E-state index contributed by atoms with van der Waals surface area (Å²) in [6.07, 6.45) is 9.68. The molecule has 1 aliphatic carbocycles. The zero-order chi connectivity index (χ0) is 19.8. The molecule has 3 rings (SSSR count). The van der Waals surface area contributed by atoms with Crippen molar-refractivity contribution in [1.82, 2.24) is 15.3 Å². The molecule has 0 unspecified atom stereocenters. The quantitative estimate of drug-likeness (QED) is 0.676. The number of benzene rings is 1. The van der Waals surface area contributed by atoms with Gasteiger partial charge in [0.15, 0.2) is 0 Å². The Labute approximate surface area is 166 Å². The Hall–Kier alpha value is -2.89. The minimum Gasteiger partial charge on any atom is -0.496 e. The van der Waals surface area contributed by atoms with Crippen molar-refractivity contribution in [2.75, 3.05) is 19.0 Å². The fourth-order valence-corrected chi connectivity index (χ4v) is 3.36. The lowest BCUT2D eigenvalue weighted by Gasteiger charge is -2.13. The molecule has 0 saturated heterocycles. The Kier molecular flexibility index (Phi) is 7.00. The molecule has 1 amide bonds. The highest BCUT2D eigenvalue weighted by atomic mass is 16.5. The molecule has 0 aliphatic heterocycles. The van der Waals surface area contributed by atoms with Gasteiger partial charge in [0.2, 0.25) is 5.95 Å². The minimum absolute atomic E-state index is 0.120. The average Bonchev–Trinajstić information content (AvgIpc) is 2.73. The summed E-state index contributed by atoms with van der Waals surface area (Å²) in [5, 5.41) is 6.17. The SMILES string of the molecule is COc1ccccc1CNc1ncc(C(=O)NCCC2=CCCCC2)c(C)n1. The van der Waals surface area contributed by atoms with Crippen LogP contribution in [-0.4, -0.2) is 29.5 Å². The summed E-state index contributed by atoms with van der Waals surface area (Å²) in [5.41, 5.74) is 3.65. The summed E-state index contributed by atoms with van der Waals surface area (Å²) in [6.45, 7) is 3.02. The number of nitrogens with zero attached hydrogens (tertiary/aromatic N) is 2. The first-order valence-electron chi connectivity index (χ1n) is 9.83. The summed E-state index contributed by atoms with van der Waals surface area (Å²) >= 11 is 0. The minimum atomic E-state index is -0.120. The standard InChI is InChI=1S/C22H28N4O2/c1-16-19(21(27)23-13-12-17-8-4-3-5-9-17)15-25-22(26-16)24-14-18-10-6-7-11-20(18)28-2/h6-8,10-11,15H,3-5,9,12-14H2,1-2H3,(H,23,27)(H,24,25,26). The summed E-state index contributed by atoms with van der Waals surface area (Å²) in [7, 11) is 1.65. The number of hydrogen-bond donors (Lipinski definition) is 2. The third-order valence-electron chi connectivity index (χ3n) is 4.97. The molecule has 1 heterocycles. The Balaban J connectivity index is 1.54. The van der Waals surface area contributed by atoms with Crippen molar-refractivity contribution in [2.45, 2.75) is 45.6 Å². The van der Waals surface area contributed by atoms with Crippen LogP contribution in [0.25, 0.3) is 0 Å². The van der Waals surface area contributed by atoms with Crippen LogP contribution in [0.5, 0.6) is 5.75 Å². The van der Waals surface area contributed by atoms with Gasteiger partial charge < -0.3 is 15.4 Å². The zero-order valence-corrected chi connectivity index (χ0v) is 16.6. The molecule has 1 aliphatic rings. The van der Waals surface area contributed by atoms with Crippen LogP contribution in [-0.2, 0) is 6.54 Å². The van der Waals surface area contributed by atoms with Crippen molar-refractivity contribution in [3.63, 3.8) is 0 Å². The molecule has 0 atom stereocenters. The molecule has 0 bridgehead atoms. The van der Waals surface area contributed by atoms with E-state index in [9.17, 15) is 4.79 Å². The number of carbonyl (C=O) groups excluding carboxylic acids is 1. The zero-order valence-electron chi connectivity index (χ0n) is 16.6. The van der Waals surface area contributed by atoms with Gasteiger partial charge in [-0.2, -0.15) is 0 Å². The molecule has 6 heteroatoms. The number of para-hydroxylation sites is 1. The first-order valence-corrected chi connectivity index (χ1v) is 9.83. The van der Waals surface area contributed by atoms with E-state index in [1.807, 2.05) is 31.2 Å². The van der Waals surface area contributed by atoms with E-state index in [-0.39, 0.29) is 5.91 Å². The molecule has 1 aromatic heterocycles. The van der Waals surface area contributed by atoms with Crippen LogP contribution in [0.15, 0.2) is 42.1 Å². The van der Waals surface area contributed by atoms with E-state index in [2.05, 4.69) is 26.7 Å². The number of methoxy groups -OCH3 is 1. The summed E-state index contributed by atoms with van der Waals surface area (Å²) < 4.78 is 5.35. The van der Waals surface area contributed by atoms with Crippen LogP contribution in [0.4, 0.5) is 5.95 Å². The topological polar surface area (TPSA) is 76.1 Å². The number of aromatic nitrogens is 2. The highest BCUT2D eigenvalue weighted by molar-refractivity contribution is 5.94. The predicted molar refractivity (Wildman–Crippen MR) is 111 cm³/mol. The van der Waals surface area contributed by atoms with Crippen molar-refractivity contribution in [2.24, 2.45) is 0 Å². The maximum absolute atomic E-state index is 12.4. The van der Waals surface area contributed by atoms with E-state index < -0.39 is 0 Å². The maximum Gasteiger partial charge on any atom is 0.254 e. The summed E-state index contributed by atoms with van der Waals surface area (Å²) in [5.74, 6) is 1.19. The Morgan fingerprint density at radius 2 is 2.11 bits per heavy atom. The molecule has 0 saturated carbocycles. The van der Waals surface area contributed by atoms with E-state index in [4.69, 9.17) is 4.74 Å². The molecule has 0 spiro atoms. The molecular formula is C22H28N4O2. The lowest BCUT2D eigenvalue weighted by molar-refractivity contribution is 0.0952. The van der Waals surface area contributed by atoms with E-state index in [1.165, 1.54) is 24.8 Å². The number of hydrogen-bond acceptors (Lipinski definition) is 5. The number of ether oxygens (including phenoxy) is 1. The van der Waals surface area contributed by atoms with Crippen LogP contribution in [0.1, 0.15) is 53.7 Å². The molecule has 148 valence electrons. The third-order valence-corrected chi connectivity index (χ3v) is 4.97. The molecule has 1 aromatic carbocycles. The van der Waals surface area contributed by atoms with Crippen LogP contribution in [0.2, 0.25) is 0 Å². The van der Waals surface area contributed by atoms with Crippen molar-refractivity contribution in [1.29, 1.82) is 0 Å². The molecule has 0 radical (unpaired) electrons. The van der Waals surface area contributed by atoms with Gasteiger partial charge in [-0.3, -0.25) is 4.79 Å². The number of rotatable bonds is 8. The van der Waals surface area contributed by atoms with Crippen molar-refractivity contribution in [3.8, 4) is 5.75 Å². The Morgan fingerprint density at radius 1 is 1.25 bits per heavy atom. The van der Waals surface area contributed by atoms with E-state index in [0.29, 0.717) is 30.3 Å². The number of amides is 1. The average molecular weight is 380 g/mol. The highest BCUT2D eigenvalue weighted by Crippen LogP contribution is 2.20. The first kappa shape index (κ1) is 19.9. The molecule has 0 fully saturated rings. The van der Waals surface area contributed by atoms with Gasteiger partial charge in [0, 0.05) is 24.8 Å². The Bertz CT molecular complexity index is 848. The molecular weight excluding hydrogens is 352 g/mol. The predicted octanol–water partition coefficient (Wildman–Crippen LogP) is 4.03. The molecule has 2 N–H and O–H groups in total. The summed E-state index contributed by atoms with van der Waals surface area (Å²) in [6, 6.07) is 7.80. The highest BCUT2D eigenvalue weighted by Gasteiger charge is 2.12. The van der Waals surface area contributed by atoms with Gasteiger partial charge in [-0.05, 0) is 45.1 Å². The van der Waals surface area contributed by atoms with Crippen LogP contribution < -0.4 is 15.4 Å². The van der Waals surface area contributed by atoms with Gasteiger partial charge in [0.1, 0.15) is 5.75 Å². The van der Waals surface area contributed by atoms with Crippen molar-refractivity contribution in [3.05, 3.63) is 58.9 Å². The van der Waals surface area contributed by atoms with Gasteiger partial charge in [-0.1, -0.05) is 29.8 Å². The van der Waals surface area contributed by atoms with Gasteiger partial charge in [0.05, 0.1) is 18.4 Å². The fraction of sp³-hybridized carbons (Fsp3) is 0.409. The van der Waals surface area contributed by atoms with Gasteiger partial charge in [-0.15, -0.1) is 0 Å². The van der Waals surface area contributed by atoms with E-state index >= 15 is 0 Å². The Morgan fingerprint density at radius 3 is 2.86 bits per heavy atom. The third kappa shape index (κ3) is 5.31. The monoisotopic (exact) mass is 380 g/mol. The van der Waals surface area contributed by atoms with Gasteiger partial charge in [0.25, 0.3) is 5.91 Å².